The van der Waals surface area contributed by atoms with Crippen molar-refractivity contribution in [2.24, 2.45) is 0 Å². The van der Waals surface area contributed by atoms with Crippen LogP contribution in [0.15, 0.2) is 121 Å². The second-order valence-electron chi connectivity index (χ2n) is 14.6. The van der Waals surface area contributed by atoms with Crippen molar-refractivity contribution in [1.29, 1.82) is 0 Å². The number of H-pyrrole nitrogens is 1. The highest BCUT2D eigenvalue weighted by Gasteiger charge is 2.25. The van der Waals surface area contributed by atoms with Crippen LogP contribution < -0.4 is 4.74 Å². The van der Waals surface area contributed by atoms with Crippen LogP contribution in [0, 0.1) is 13.8 Å². The molecule has 1 N–H and O–H groups in total. The van der Waals surface area contributed by atoms with Gasteiger partial charge in [0, 0.05) is 36.1 Å². The predicted molar refractivity (Wildman–Crippen MR) is 250 cm³/mol. The van der Waals surface area contributed by atoms with Crippen LogP contribution in [-0.4, -0.2) is 81.9 Å². The molecular formula is C48H39F3N10O4S2. The second kappa shape index (κ2) is 20.9. The molecule has 0 saturated carbocycles. The quantitative estimate of drug-likeness (QED) is 0.0957. The number of carbonyl (C=O) groups excluding carboxylic acids is 3. The van der Waals surface area contributed by atoms with E-state index in [-0.39, 0.29) is 11.6 Å². The number of aromatic nitrogens is 10. The van der Waals surface area contributed by atoms with Gasteiger partial charge in [-0.15, -0.1) is 25.5 Å². The van der Waals surface area contributed by atoms with Crippen molar-refractivity contribution in [3.05, 3.63) is 148 Å². The Kier molecular flexibility index (Phi) is 14.7. The second-order valence-corrected chi connectivity index (χ2v) is 17.0. The molecular weight excluding hydrogens is 902 g/mol. The van der Waals surface area contributed by atoms with Crippen LogP contribution in [-0.2, 0) is 11.3 Å². The smallest absolute Gasteiger partial charge is 0.446 e. The van der Waals surface area contributed by atoms with Gasteiger partial charge in [-0.2, -0.15) is 28.6 Å². The molecule has 0 fully saturated rings. The summed E-state index contributed by atoms with van der Waals surface area (Å²) in [4.78, 5) is 32.8. The van der Waals surface area contributed by atoms with Crippen LogP contribution in [0.25, 0.3) is 65.9 Å². The normalized spacial score (nSPS) is 10.9. The average Bonchev–Trinajstić information content (AvgIpc) is 4.18. The van der Waals surface area contributed by atoms with Crippen molar-refractivity contribution in [1.82, 2.24) is 50.8 Å². The Morgan fingerprint density at radius 2 is 1.01 bits per heavy atom. The largest absolute Gasteiger partial charge is 0.497 e. The number of alkyl halides is 3. The van der Waals surface area contributed by atoms with E-state index in [1.165, 1.54) is 6.92 Å². The lowest BCUT2D eigenvalue weighted by atomic mass is 10.0. The van der Waals surface area contributed by atoms with Crippen molar-refractivity contribution in [3.63, 3.8) is 0 Å². The minimum absolute atomic E-state index is 0.0786. The highest BCUT2D eigenvalue weighted by atomic mass is 32.1. The third-order valence-corrected chi connectivity index (χ3v) is 11.6. The summed E-state index contributed by atoms with van der Waals surface area (Å²) in [5.74, 6) is 0.593. The topological polar surface area (TPSA) is 184 Å². The van der Waals surface area contributed by atoms with Gasteiger partial charge in [0.1, 0.15) is 42.9 Å². The first kappa shape index (κ1) is 47.1. The number of aldehydes is 1. The molecule has 4 aromatic heterocycles. The van der Waals surface area contributed by atoms with Gasteiger partial charge in [0.2, 0.25) is 6.29 Å². The minimum Gasteiger partial charge on any atom is -0.497 e. The van der Waals surface area contributed by atoms with E-state index in [1.54, 1.807) is 41.4 Å². The molecule has 19 heteroatoms. The number of hydrogen-bond donors (Lipinski definition) is 1. The number of methoxy groups -OCH3 is 1. The number of nitrogens with zero attached hydrogens (tertiary/aromatic N) is 9. The van der Waals surface area contributed by atoms with Gasteiger partial charge in [-0.1, -0.05) is 137 Å². The summed E-state index contributed by atoms with van der Waals surface area (Å²) in [6.07, 6.45) is -5.70. The Morgan fingerprint density at radius 1 is 0.597 bits per heavy atom. The van der Waals surface area contributed by atoms with Gasteiger partial charge in [0.15, 0.2) is 17.3 Å². The number of carbonyl (C=O) groups is 3. The molecule has 0 bridgehead atoms. The Hall–Kier alpha value is -7.90. The Balaban J connectivity index is 0.000000183. The van der Waals surface area contributed by atoms with Crippen LogP contribution in [0.4, 0.5) is 13.2 Å². The minimum atomic E-state index is -4.64. The molecule has 0 spiro atoms. The Morgan fingerprint density at radius 3 is 1.39 bits per heavy atom. The zero-order chi connectivity index (χ0) is 47.7. The molecule has 14 nitrogen and oxygen atoms in total. The molecule has 67 heavy (non-hydrogen) atoms. The highest BCUT2D eigenvalue weighted by molar-refractivity contribution is 7.14. The third-order valence-electron chi connectivity index (χ3n) is 9.87. The van der Waals surface area contributed by atoms with Crippen molar-refractivity contribution >= 4 is 40.5 Å². The first-order valence-electron chi connectivity index (χ1n) is 20.2. The van der Waals surface area contributed by atoms with Gasteiger partial charge < -0.3 is 4.74 Å². The number of nitrogens with one attached hydrogen (secondary N) is 1. The lowest BCUT2D eigenvalue weighted by Gasteiger charge is -2.08. The fourth-order valence-electron chi connectivity index (χ4n) is 6.63. The highest BCUT2D eigenvalue weighted by Crippen LogP contribution is 2.31. The van der Waals surface area contributed by atoms with E-state index >= 15 is 0 Å². The van der Waals surface area contributed by atoms with E-state index in [0.29, 0.717) is 29.3 Å². The third kappa shape index (κ3) is 11.9. The molecule has 0 aliphatic heterocycles. The van der Waals surface area contributed by atoms with Crippen LogP contribution in [0.1, 0.15) is 50.4 Å². The molecule has 0 amide bonds. The lowest BCUT2D eigenvalue weighted by Crippen LogP contribution is -2.10. The van der Waals surface area contributed by atoms with E-state index < -0.39 is 12.5 Å². The molecule has 0 atom stereocenters. The molecule has 0 unspecified atom stereocenters. The van der Waals surface area contributed by atoms with Gasteiger partial charge in [-0.05, 0) is 53.8 Å². The van der Waals surface area contributed by atoms with Gasteiger partial charge in [0.05, 0.1) is 13.7 Å². The first-order valence-corrected chi connectivity index (χ1v) is 21.9. The standard InChI is InChI=1S/C27H23N5O2S.C19H15N5OS.C2HF3O/c1-17(33)26-25(29-31-32(26)16-19-4-14-24(34-3)15-5-19)22-10-6-20(7-11-22)21-8-12-23(13-9-21)27-30-28-18(2)35-27;1-11(25)17-18(22-24-21-17)15-7-3-13(4-8-15)14-5-9-16(10-6-14)19-23-20-12(2)26-19;3-2(4,5)1-6/h4-15H,16H2,1-3H3;3-10H,1-2H3,(H,21,22,24);1H. The number of halogens is 3. The van der Waals surface area contributed by atoms with Crippen LogP contribution >= 0.6 is 22.7 Å². The summed E-state index contributed by atoms with van der Waals surface area (Å²) in [7, 11) is 1.63. The predicted octanol–water partition coefficient (Wildman–Crippen LogP) is 10.6. The number of aryl methyl sites for hydroxylation is 2. The van der Waals surface area contributed by atoms with Gasteiger partial charge in [-0.3, -0.25) is 14.4 Å². The summed E-state index contributed by atoms with van der Waals surface area (Å²) in [6.45, 7) is 7.37. The summed E-state index contributed by atoms with van der Waals surface area (Å²) in [5, 5.41) is 39.4. The summed E-state index contributed by atoms with van der Waals surface area (Å²) < 4.78 is 38.1. The maximum atomic E-state index is 12.5. The summed E-state index contributed by atoms with van der Waals surface area (Å²) >= 11 is 3.16. The molecule has 0 radical (unpaired) electrons. The molecule has 0 aliphatic carbocycles. The van der Waals surface area contributed by atoms with E-state index in [0.717, 1.165) is 75.9 Å². The van der Waals surface area contributed by atoms with Gasteiger partial charge in [0.25, 0.3) is 0 Å². The number of rotatable bonds is 11. The van der Waals surface area contributed by atoms with Crippen molar-refractivity contribution in [2.45, 2.75) is 40.4 Å². The van der Waals surface area contributed by atoms with E-state index in [9.17, 15) is 22.8 Å². The molecule has 9 aromatic rings. The Bertz CT molecular complexity index is 3110. The average molecular weight is 941 g/mol. The zero-order valence-corrected chi connectivity index (χ0v) is 38.1. The first-order chi connectivity index (χ1) is 32.2. The van der Waals surface area contributed by atoms with Gasteiger partial charge >= 0.3 is 6.18 Å². The number of hydrogen-bond acceptors (Lipinski definition) is 14. The number of Topliss-reactive ketones (excluding diaryl/α,β-unsaturated/α-hetero) is 2. The van der Waals surface area contributed by atoms with Crippen molar-refractivity contribution in [2.75, 3.05) is 7.11 Å². The Labute approximate surface area is 389 Å². The zero-order valence-electron chi connectivity index (χ0n) is 36.4. The lowest BCUT2D eigenvalue weighted by molar-refractivity contribution is -0.156. The van der Waals surface area contributed by atoms with E-state index in [4.69, 9.17) is 9.53 Å². The molecule has 9 rings (SSSR count). The number of benzene rings is 5. The number of ketones is 2. The number of aromatic amines is 1. The number of ether oxygens (including phenoxy) is 1. The van der Waals surface area contributed by atoms with Crippen LogP contribution in [0.3, 0.4) is 0 Å². The maximum absolute atomic E-state index is 12.5. The van der Waals surface area contributed by atoms with E-state index in [2.05, 4.69) is 94.6 Å². The maximum Gasteiger partial charge on any atom is 0.446 e. The molecule has 5 aromatic carbocycles. The van der Waals surface area contributed by atoms with Gasteiger partial charge in [-0.25, -0.2) is 4.68 Å². The summed E-state index contributed by atoms with van der Waals surface area (Å²) in [6, 6.07) is 40.1. The molecule has 4 heterocycles. The van der Waals surface area contributed by atoms with Crippen LogP contribution in [0.2, 0.25) is 0 Å². The fraction of sp³-hybridized carbons (Fsp3) is 0.146. The molecule has 0 saturated heterocycles. The SMILES string of the molecule is CC(=O)c1n[nH]nc1-c1ccc(-c2ccc(-c3nnc(C)s3)cc2)cc1.COc1ccc(Cn2nnc(-c3ccc(-c4ccc(-c5nnc(C)s5)cc4)cc3)c2C(C)=O)cc1.O=CC(F)(F)F. The van der Waals surface area contributed by atoms with Crippen molar-refractivity contribution in [3.8, 4) is 71.7 Å². The van der Waals surface area contributed by atoms with Crippen LogP contribution in [0.5, 0.6) is 5.75 Å². The molecule has 0 aliphatic rings. The monoisotopic (exact) mass is 940 g/mol. The van der Waals surface area contributed by atoms with Crippen molar-refractivity contribution < 1.29 is 32.3 Å². The summed E-state index contributed by atoms with van der Waals surface area (Å²) in [5.41, 5.74) is 11.2. The van der Waals surface area contributed by atoms with E-state index in [1.807, 2.05) is 86.6 Å². The fourth-order valence-corrected chi connectivity index (χ4v) is 8.02. The molecule has 338 valence electrons.